The number of benzene rings is 1. The molecule has 1 aromatic rings. The molecule has 2 saturated heterocycles. The van der Waals surface area contributed by atoms with Crippen LogP contribution in [-0.4, -0.2) is 55.0 Å². The zero-order chi connectivity index (χ0) is 19.6. The number of amides is 1. The van der Waals surface area contributed by atoms with E-state index in [1.807, 2.05) is 4.90 Å². The molecule has 2 fully saturated rings. The average Bonchev–Trinajstić information content (AvgIpc) is 2.66. The van der Waals surface area contributed by atoms with Gasteiger partial charge in [0.15, 0.2) is 0 Å². The van der Waals surface area contributed by atoms with Gasteiger partial charge < -0.3 is 15.5 Å². The van der Waals surface area contributed by atoms with Crippen molar-refractivity contribution in [2.75, 3.05) is 33.2 Å². The van der Waals surface area contributed by atoms with Gasteiger partial charge in [0.25, 0.3) is 0 Å². The number of likely N-dealkylation sites (tertiary alicyclic amines) is 2. The largest absolute Gasteiger partial charge is 0.341 e. The van der Waals surface area contributed by atoms with Gasteiger partial charge in [-0.05, 0) is 94.3 Å². The highest BCUT2D eigenvalue weighted by Gasteiger charge is 2.31. The molecule has 27 heavy (non-hydrogen) atoms. The van der Waals surface area contributed by atoms with Crippen molar-refractivity contribution in [2.24, 2.45) is 17.6 Å². The fraction of sp³-hybridized carbons (Fsp3) is 0.667. The lowest BCUT2D eigenvalue weighted by atomic mass is 9.79. The molecule has 1 amide bonds. The van der Waals surface area contributed by atoms with Crippen molar-refractivity contribution in [3.63, 3.8) is 0 Å². The summed E-state index contributed by atoms with van der Waals surface area (Å²) in [5.41, 5.74) is 8.53. The first-order chi connectivity index (χ1) is 12.8. The summed E-state index contributed by atoms with van der Waals surface area (Å²) < 4.78 is 2.09. The Hall–Kier alpha value is -0.430. The maximum absolute atomic E-state index is 12.8. The molecule has 2 aliphatic rings. The van der Waals surface area contributed by atoms with Gasteiger partial charge in [-0.15, -0.1) is 0 Å². The Labute approximate surface area is 180 Å². The van der Waals surface area contributed by atoms with Crippen LogP contribution in [0.4, 0.5) is 0 Å². The van der Waals surface area contributed by atoms with Gasteiger partial charge in [0.2, 0.25) is 5.91 Å². The molecule has 1 atom stereocenters. The van der Waals surface area contributed by atoms with E-state index in [0.29, 0.717) is 6.42 Å². The topological polar surface area (TPSA) is 49.6 Å². The number of hydrogen-bond donors (Lipinski definition) is 1. The molecule has 0 aromatic heterocycles. The lowest BCUT2D eigenvalue weighted by Crippen LogP contribution is -2.49. The Balaban J connectivity index is 1.51. The number of carbonyl (C=O) groups excluding carboxylic acids is 1. The number of nitrogens with zero attached hydrogens (tertiary/aromatic N) is 2. The molecule has 2 N–H and O–H groups in total. The Kier molecular flexibility index (Phi) is 7.39. The predicted molar refractivity (Wildman–Crippen MR) is 118 cm³/mol. The molecule has 4 nitrogen and oxygen atoms in total. The predicted octanol–water partition coefficient (Wildman–Crippen LogP) is 3.97. The van der Waals surface area contributed by atoms with Crippen LogP contribution in [0.1, 0.15) is 36.8 Å². The van der Waals surface area contributed by atoms with E-state index in [0.717, 1.165) is 57.8 Å². The number of piperidine rings is 2. The molecule has 1 unspecified atom stereocenters. The average molecular weight is 501 g/mol. The monoisotopic (exact) mass is 499 g/mol. The SMILES string of the molecule is Cc1c(Br)cc(CC(N)C(=O)N2CCC(C3CCN(C)CC3)CC2)cc1Br. The molecular weight excluding hydrogens is 470 g/mol. The second-order valence-corrected chi connectivity index (χ2v) is 10.0. The van der Waals surface area contributed by atoms with E-state index >= 15 is 0 Å². The Morgan fingerprint density at radius 2 is 1.56 bits per heavy atom. The molecule has 2 heterocycles. The van der Waals surface area contributed by atoms with E-state index in [1.165, 1.54) is 25.9 Å². The summed E-state index contributed by atoms with van der Waals surface area (Å²) in [6.45, 7) is 6.22. The number of nitrogens with two attached hydrogens (primary N) is 1. The van der Waals surface area contributed by atoms with Gasteiger partial charge >= 0.3 is 0 Å². The van der Waals surface area contributed by atoms with Crippen molar-refractivity contribution in [3.05, 3.63) is 32.2 Å². The van der Waals surface area contributed by atoms with E-state index in [-0.39, 0.29) is 5.91 Å². The van der Waals surface area contributed by atoms with Gasteiger partial charge in [0.1, 0.15) is 0 Å². The molecule has 1 aromatic carbocycles. The third kappa shape index (κ3) is 5.34. The molecule has 6 heteroatoms. The second kappa shape index (κ2) is 9.38. The maximum atomic E-state index is 12.8. The first-order valence-corrected chi connectivity index (χ1v) is 11.6. The van der Waals surface area contributed by atoms with Crippen molar-refractivity contribution < 1.29 is 4.79 Å². The summed E-state index contributed by atoms with van der Waals surface area (Å²) in [5, 5.41) is 0. The van der Waals surface area contributed by atoms with Crippen LogP contribution in [0.5, 0.6) is 0 Å². The summed E-state index contributed by atoms with van der Waals surface area (Å²) in [5.74, 6) is 1.72. The van der Waals surface area contributed by atoms with Crippen LogP contribution in [0.15, 0.2) is 21.1 Å². The third-order valence-corrected chi connectivity index (χ3v) is 8.04. The van der Waals surface area contributed by atoms with Crippen LogP contribution in [-0.2, 0) is 11.2 Å². The number of halogens is 2. The standard InChI is InChI=1S/C21H31Br2N3O/c1-14-18(22)11-15(12-19(14)23)13-20(24)21(27)26-9-5-17(6-10-26)16-3-7-25(2)8-4-16/h11-12,16-17,20H,3-10,13,24H2,1-2H3. The van der Waals surface area contributed by atoms with Gasteiger partial charge in [-0.3, -0.25) is 4.79 Å². The molecule has 150 valence electrons. The zero-order valence-electron chi connectivity index (χ0n) is 16.4. The first-order valence-electron chi connectivity index (χ1n) is 10.0. The van der Waals surface area contributed by atoms with Crippen LogP contribution >= 0.6 is 31.9 Å². The van der Waals surface area contributed by atoms with E-state index in [1.54, 1.807) is 0 Å². The number of rotatable bonds is 4. The van der Waals surface area contributed by atoms with Crippen LogP contribution in [0.2, 0.25) is 0 Å². The third-order valence-electron chi connectivity index (χ3n) is 6.39. The first kappa shape index (κ1) is 21.3. The minimum atomic E-state index is -0.466. The van der Waals surface area contributed by atoms with E-state index < -0.39 is 6.04 Å². The fourth-order valence-corrected chi connectivity index (χ4v) is 5.76. The summed E-state index contributed by atoms with van der Waals surface area (Å²) >= 11 is 7.16. The number of carbonyl (C=O) groups is 1. The van der Waals surface area contributed by atoms with Crippen LogP contribution < -0.4 is 5.73 Å². The molecule has 0 bridgehead atoms. The van der Waals surface area contributed by atoms with Crippen molar-refractivity contribution in [3.8, 4) is 0 Å². The Bertz CT molecular complexity index is 642. The van der Waals surface area contributed by atoms with Crippen LogP contribution in [0, 0.1) is 18.8 Å². The quantitative estimate of drug-likeness (QED) is 0.680. The summed E-state index contributed by atoms with van der Waals surface area (Å²) in [7, 11) is 2.21. The molecule has 0 saturated carbocycles. The van der Waals surface area contributed by atoms with Gasteiger partial charge in [0, 0.05) is 22.0 Å². The fourth-order valence-electron chi connectivity index (χ4n) is 4.48. The summed E-state index contributed by atoms with van der Waals surface area (Å²) in [6.07, 6.45) is 5.46. The summed E-state index contributed by atoms with van der Waals surface area (Å²) in [4.78, 5) is 17.3. The maximum Gasteiger partial charge on any atom is 0.239 e. The highest BCUT2D eigenvalue weighted by Crippen LogP contribution is 2.32. The molecule has 0 radical (unpaired) electrons. The molecular formula is C21H31Br2N3O. The van der Waals surface area contributed by atoms with E-state index in [2.05, 4.69) is 62.9 Å². The van der Waals surface area contributed by atoms with Gasteiger partial charge in [-0.2, -0.15) is 0 Å². The molecule has 0 aliphatic carbocycles. The van der Waals surface area contributed by atoms with E-state index in [4.69, 9.17) is 5.73 Å². The Morgan fingerprint density at radius 3 is 2.07 bits per heavy atom. The minimum absolute atomic E-state index is 0.102. The molecule has 2 aliphatic heterocycles. The van der Waals surface area contributed by atoms with Crippen molar-refractivity contribution >= 4 is 37.8 Å². The molecule has 3 rings (SSSR count). The smallest absolute Gasteiger partial charge is 0.239 e. The highest BCUT2D eigenvalue weighted by molar-refractivity contribution is 9.11. The van der Waals surface area contributed by atoms with Crippen LogP contribution in [0.25, 0.3) is 0 Å². The van der Waals surface area contributed by atoms with E-state index in [9.17, 15) is 4.79 Å². The van der Waals surface area contributed by atoms with Crippen molar-refractivity contribution in [2.45, 2.75) is 45.1 Å². The van der Waals surface area contributed by atoms with Gasteiger partial charge in [-0.25, -0.2) is 0 Å². The minimum Gasteiger partial charge on any atom is -0.341 e. The van der Waals surface area contributed by atoms with Gasteiger partial charge in [0.05, 0.1) is 6.04 Å². The number of hydrogen-bond acceptors (Lipinski definition) is 3. The van der Waals surface area contributed by atoms with Crippen molar-refractivity contribution in [1.82, 2.24) is 9.80 Å². The normalized spacial score (nSPS) is 21.4. The zero-order valence-corrected chi connectivity index (χ0v) is 19.6. The molecule has 0 spiro atoms. The summed E-state index contributed by atoms with van der Waals surface area (Å²) in [6, 6.07) is 3.67. The second-order valence-electron chi connectivity index (χ2n) is 8.30. The van der Waals surface area contributed by atoms with Crippen LogP contribution in [0.3, 0.4) is 0 Å². The lowest BCUT2D eigenvalue weighted by Gasteiger charge is -2.40. The van der Waals surface area contributed by atoms with Gasteiger partial charge in [-0.1, -0.05) is 31.9 Å². The van der Waals surface area contributed by atoms with Crippen molar-refractivity contribution in [1.29, 1.82) is 0 Å². The Morgan fingerprint density at radius 1 is 1.07 bits per heavy atom. The highest BCUT2D eigenvalue weighted by atomic mass is 79.9. The lowest BCUT2D eigenvalue weighted by molar-refractivity contribution is -0.134.